The Hall–Kier alpha value is -1.91. The summed E-state index contributed by atoms with van der Waals surface area (Å²) < 4.78 is 0. The molecule has 0 unspecified atom stereocenters. The van der Waals surface area contributed by atoms with Gasteiger partial charge in [0.1, 0.15) is 5.75 Å². The third kappa shape index (κ3) is 4.85. The number of phenolic OH excluding ortho intramolecular Hbond substituents is 2. The molecule has 1 rings (SSSR count). The second-order valence-electron chi connectivity index (χ2n) is 5.28. The smallest absolute Gasteiger partial charge is 0.336 e. The summed E-state index contributed by atoms with van der Waals surface area (Å²) >= 11 is 0. The number of aromatic hydroxyl groups is 2. The molecule has 1 aromatic carbocycles. The predicted molar refractivity (Wildman–Crippen MR) is 77.9 cm³/mol. The van der Waals surface area contributed by atoms with E-state index in [2.05, 4.69) is 6.92 Å². The van der Waals surface area contributed by atoms with Crippen molar-refractivity contribution < 1.29 is 25.2 Å². The van der Waals surface area contributed by atoms with Gasteiger partial charge in [0.2, 0.25) is 0 Å². The topological polar surface area (TPSA) is 101 Å². The van der Waals surface area contributed by atoms with E-state index >= 15 is 0 Å². The Bertz CT molecular complexity index is 482. The molecule has 0 aliphatic heterocycles. The first-order chi connectivity index (χ1) is 9.99. The highest BCUT2D eigenvalue weighted by atomic mass is 16.4. The highest BCUT2D eigenvalue weighted by Crippen LogP contribution is 2.38. The minimum Gasteiger partial charge on any atom is -0.870 e. The van der Waals surface area contributed by atoms with Crippen LogP contribution >= 0.6 is 0 Å². The van der Waals surface area contributed by atoms with Gasteiger partial charge in [0, 0.05) is 0 Å². The minimum atomic E-state index is -1.26. The van der Waals surface area contributed by atoms with Crippen molar-refractivity contribution in [3.05, 3.63) is 17.2 Å². The molecular weight excluding hydrogens is 272 g/mol. The molecule has 0 fully saturated rings. The second kappa shape index (κ2) is 8.39. The van der Waals surface area contributed by atoms with Crippen LogP contribution in [0.25, 0.3) is 0 Å². The molecule has 5 heteroatoms. The van der Waals surface area contributed by atoms with Crippen LogP contribution in [0.4, 0.5) is 0 Å². The summed E-state index contributed by atoms with van der Waals surface area (Å²) in [6.45, 7) is 2.15. The third-order valence-electron chi connectivity index (χ3n) is 3.60. The predicted octanol–water partition coefficient (Wildman–Crippen LogP) is 3.16. The zero-order chi connectivity index (χ0) is 15.8. The molecule has 1 aromatic rings. The summed E-state index contributed by atoms with van der Waals surface area (Å²) in [6.07, 6.45) is 7.74. The lowest BCUT2D eigenvalue weighted by molar-refractivity contribution is -0.271. The van der Waals surface area contributed by atoms with Gasteiger partial charge in [-0.3, -0.25) is 0 Å². The summed E-state index contributed by atoms with van der Waals surface area (Å²) in [7, 11) is 0. The number of carbonyl (C=O) groups is 1. The number of carboxylic acids is 1. The lowest BCUT2D eigenvalue weighted by atomic mass is 9.98. The Balaban J connectivity index is 2.62. The van der Waals surface area contributed by atoms with E-state index < -0.39 is 23.2 Å². The van der Waals surface area contributed by atoms with Gasteiger partial charge in [0.05, 0.1) is 5.56 Å². The zero-order valence-corrected chi connectivity index (χ0v) is 12.4. The van der Waals surface area contributed by atoms with Gasteiger partial charge in [-0.1, -0.05) is 51.2 Å². The first kappa shape index (κ1) is 17.1. The lowest BCUT2D eigenvalue weighted by Crippen LogP contribution is -2.07. The summed E-state index contributed by atoms with van der Waals surface area (Å²) in [6, 6.07) is 0.940. The van der Waals surface area contributed by atoms with Crippen molar-refractivity contribution >= 4 is 5.97 Å². The van der Waals surface area contributed by atoms with Crippen LogP contribution in [0.15, 0.2) is 6.07 Å². The molecule has 0 bridgehead atoms. The monoisotopic (exact) mass is 295 g/mol. The summed E-state index contributed by atoms with van der Waals surface area (Å²) in [5.41, 5.74) is -0.146. The molecule has 0 heterocycles. The van der Waals surface area contributed by atoms with Crippen molar-refractivity contribution in [1.29, 1.82) is 0 Å². The van der Waals surface area contributed by atoms with Gasteiger partial charge in [0.15, 0.2) is 5.75 Å². The number of aromatic carboxylic acids is 1. The molecule has 3 N–H and O–H groups in total. The Morgan fingerprint density at radius 1 is 1.10 bits per heavy atom. The van der Waals surface area contributed by atoms with Gasteiger partial charge in [-0.25, -0.2) is 4.79 Å². The number of unbranched alkanes of at least 4 members (excludes halogenated alkanes) is 6. The Kier molecular flexibility index (Phi) is 6.85. The van der Waals surface area contributed by atoms with E-state index in [0.717, 1.165) is 25.3 Å². The van der Waals surface area contributed by atoms with Crippen molar-refractivity contribution in [3.8, 4) is 17.2 Å². The first-order valence-electron chi connectivity index (χ1n) is 7.47. The van der Waals surface area contributed by atoms with Gasteiger partial charge in [-0.15, -0.1) is 0 Å². The fourth-order valence-corrected chi connectivity index (χ4v) is 2.37. The maximum Gasteiger partial charge on any atom is 0.336 e. The van der Waals surface area contributed by atoms with Gasteiger partial charge in [-0.05, 0) is 24.5 Å². The van der Waals surface area contributed by atoms with Crippen LogP contribution in [0.5, 0.6) is 17.2 Å². The Labute approximate surface area is 124 Å². The fourth-order valence-electron chi connectivity index (χ4n) is 2.37. The van der Waals surface area contributed by atoms with E-state index in [4.69, 9.17) is 5.11 Å². The molecule has 0 saturated carbocycles. The van der Waals surface area contributed by atoms with Crippen LogP contribution in [0.3, 0.4) is 0 Å². The molecule has 0 atom stereocenters. The van der Waals surface area contributed by atoms with Crippen LogP contribution < -0.4 is 5.11 Å². The summed E-state index contributed by atoms with van der Waals surface area (Å²) in [5.74, 6) is -3.49. The van der Waals surface area contributed by atoms with Crippen molar-refractivity contribution in [2.45, 2.75) is 58.3 Å². The molecule has 0 aliphatic carbocycles. The van der Waals surface area contributed by atoms with E-state index in [1.165, 1.54) is 19.3 Å². The number of hydrogen-bond acceptors (Lipinski definition) is 4. The van der Waals surface area contributed by atoms with Gasteiger partial charge >= 0.3 is 5.97 Å². The maximum absolute atomic E-state index is 11.8. The summed E-state index contributed by atoms with van der Waals surface area (Å²) in [5, 5.41) is 39.7. The van der Waals surface area contributed by atoms with E-state index in [-0.39, 0.29) is 11.1 Å². The van der Waals surface area contributed by atoms with Crippen LogP contribution in [0.1, 0.15) is 67.8 Å². The molecule has 0 aliphatic rings. The van der Waals surface area contributed by atoms with Gasteiger partial charge < -0.3 is 20.4 Å². The van der Waals surface area contributed by atoms with E-state index in [0.29, 0.717) is 12.8 Å². The molecule has 0 aromatic heterocycles. The van der Waals surface area contributed by atoms with Crippen molar-refractivity contribution in [3.63, 3.8) is 0 Å². The molecule has 0 spiro atoms. The highest BCUT2D eigenvalue weighted by molar-refractivity contribution is 5.91. The average Bonchev–Trinajstić information content (AvgIpc) is 2.45. The number of rotatable bonds is 9. The standard InChI is InChI=1S/C16H24O5/c1-2-3-4-5-6-7-8-9-11-12(16(20)21)10-13(17)15(19)14(11)18/h10,17-19H,2-9H2,1H3,(H,20,21)/p-1. The van der Waals surface area contributed by atoms with Crippen LogP contribution in [0.2, 0.25) is 0 Å². The van der Waals surface area contributed by atoms with Crippen LogP contribution in [-0.4, -0.2) is 21.3 Å². The number of phenols is 2. The van der Waals surface area contributed by atoms with Gasteiger partial charge in [0.25, 0.3) is 0 Å². The molecule has 21 heavy (non-hydrogen) atoms. The largest absolute Gasteiger partial charge is 0.870 e. The fraction of sp³-hybridized carbons (Fsp3) is 0.562. The molecular formula is C16H23O5-. The van der Waals surface area contributed by atoms with Crippen molar-refractivity contribution in [1.82, 2.24) is 0 Å². The lowest BCUT2D eigenvalue weighted by Gasteiger charge is -2.19. The maximum atomic E-state index is 11.8. The number of hydrogen-bond donors (Lipinski definition) is 3. The summed E-state index contributed by atoms with van der Waals surface area (Å²) in [4.78, 5) is 11.1. The first-order valence-corrected chi connectivity index (χ1v) is 7.47. The van der Waals surface area contributed by atoms with Crippen LogP contribution in [0, 0.1) is 0 Å². The molecule has 0 saturated heterocycles. The molecule has 0 radical (unpaired) electrons. The zero-order valence-electron chi connectivity index (χ0n) is 12.4. The van der Waals surface area contributed by atoms with Crippen LogP contribution in [-0.2, 0) is 6.42 Å². The number of benzene rings is 1. The molecule has 118 valence electrons. The second-order valence-corrected chi connectivity index (χ2v) is 5.28. The Morgan fingerprint density at radius 3 is 2.24 bits per heavy atom. The average molecular weight is 295 g/mol. The van der Waals surface area contributed by atoms with E-state index in [1.54, 1.807) is 0 Å². The quantitative estimate of drug-likeness (QED) is 0.480. The van der Waals surface area contributed by atoms with Crippen molar-refractivity contribution in [2.75, 3.05) is 0 Å². The number of carboxylic acid groups (broad SMARTS) is 1. The van der Waals surface area contributed by atoms with Gasteiger partial charge in [-0.2, -0.15) is 0 Å². The van der Waals surface area contributed by atoms with E-state index in [1.807, 2.05) is 0 Å². The third-order valence-corrected chi connectivity index (χ3v) is 3.60. The normalized spacial score (nSPS) is 10.7. The van der Waals surface area contributed by atoms with E-state index in [9.17, 15) is 20.1 Å². The molecule has 5 nitrogen and oxygen atoms in total. The highest BCUT2D eigenvalue weighted by Gasteiger charge is 2.16. The molecule has 0 amide bonds. The SMILES string of the molecule is CCCCCCCCCc1c(C(=O)O)cc(O)c(O)c1[O-]. The minimum absolute atomic E-state index is 0.0753. The van der Waals surface area contributed by atoms with Crippen molar-refractivity contribution in [2.24, 2.45) is 0 Å². The Morgan fingerprint density at radius 2 is 1.67 bits per heavy atom.